The molecule has 0 bridgehead atoms. The largest absolute Gasteiger partial charge is 0.444 e. The quantitative estimate of drug-likeness (QED) is 0.240. The highest BCUT2D eigenvalue weighted by Crippen LogP contribution is 2.46. The van der Waals surface area contributed by atoms with Crippen LogP contribution in [-0.4, -0.2) is 51.8 Å². The first kappa shape index (κ1) is 31.0. The molecule has 1 fully saturated rings. The predicted octanol–water partition coefficient (Wildman–Crippen LogP) is 6.65. The van der Waals surface area contributed by atoms with E-state index in [-0.39, 0.29) is 62.7 Å². The molecule has 236 valence electrons. The number of amides is 1. The highest BCUT2D eigenvalue weighted by Gasteiger charge is 2.34. The number of nitrogens with one attached hydrogen (secondary N) is 2. The molecule has 2 N–H and O–H groups in total. The molecule has 2 aliphatic rings. The van der Waals surface area contributed by atoms with E-state index in [0.29, 0.717) is 22.8 Å². The van der Waals surface area contributed by atoms with Crippen LogP contribution in [0.2, 0.25) is 0 Å². The van der Waals surface area contributed by atoms with Crippen molar-refractivity contribution in [2.75, 3.05) is 23.3 Å². The number of nitrogens with zero attached hydrogens (tertiary/aromatic N) is 5. The molecule has 1 saturated heterocycles. The molecule has 0 saturated carbocycles. The fourth-order valence-electron chi connectivity index (χ4n) is 6.02. The molecule has 6 rings (SSSR count). The fourth-order valence-corrected chi connectivity index (χ4v) is 7.06. The lowest BCUT2D eigenvalue weighted by atomic mass is 9.94. The van der Waals surface area contributed by atoms with Crippen molar-refractivity contribution >= 4 is 49.4 Å². The second-order valence-electron chi connectivity index (χ2n) is 12.9. The Morgan fingerprint density at radius 2 is 2.00 bits per heavy atom. The number of nitriles is 1. The van der Waals surface area contributed by atoms with Gasteiger partial charge >= 0.3 is 6.09 Å². The minimum atomic E-state index is -0.798. The van der Waals surface area contributed by atoms with Gasteiger partial charge in [0.1, 0.15) is 22.2 Å². The van der Waals surface area contributed by atoms with Crippen LogP contribution in [0.3, 0.4) is 0 Å². The van der Waals surface area contributed by atoms with Crippen LogP contribution >= 0.6 is 11.3 Å². The van der Waals surface area contributed by atoms with Gasteiger partial charge < -0.3 is 19.7 Å². The molecule has 10 nitrogen and oxygen atoms in total. The zero-order chi connectivity index (χ0) is 32.2. The van der Waals surface area contributed by atoms with Gasteiger partial charge in [-0.05, 0) is 57.7 Å². The van der Waals surface area contributed by atoms with E-state index in [0.717, 1.165) is 42.6 Å². The number of fused-ring (bicyclic) bond motifs is 4. The molecule has 1 aromatic carbocycles. The summed E-state index contributed by atoms with van der Waals surface area (Å²) in [5.74, 6) is -0.423. The molecule has 2 atom stereocenters. The summed E-state index contributed by atoms with van der Waals surface area (Å²) in [6, 6.07) is 2.41. The average Bonchev–Trinajstić information content (AvgIpc) is 3.69. The van der Waals surface area contributed by atoms with E-state index in [1.807, 2.05) is 0 Å². The van der Waals surface area contributed by atoms with Gasteiger partial charge in [-0.3, -0.25) is 10.3 Å². The van der Waals surface area contributed by atoms with Gasteiger partial charge in [0.15, 0.2) is 11.6 Å². The molecule has 5 heterocycles. The van der Waals surface area contributed by atoms with Crippen LogP contribution in [-0.2, 0) is 22.7 Å². The molecule has 0 unspecified atom stereocenters. The number of benzene rings is 1. The van der Waals surface area contributed by atoms with Gasteiger partial charge in [-0.25, -0.2) is 23.5 Å². The van der Waals surface area contributed by atoms with E-state index in [4.69, 9.17) is 14.5 Å². The summed E-state index contributed by atoms with van der Waals surface area (Å²) >= 11 is 0.865. The number of pyridine rings is 1. The minimum absolute atomic E-state index is 0.0378. The molecule has 45 heavy (non-hydrogen) atoms. The number of aromatic nitrogens is 3. The Hall–Kier alpha value is -3.99. The third-order valence-electron chi connectivity index (χ3n) is 8.12. The highest BCUT2D eigenvalue weighted by molar-refractivity contribution is 7.23. The van der Waals surface area contributed by atoms with E-state index in [9.17, 15) is 10.1 Å². The second-order valence-corrected chi connectivity index (χ2v) is 13.9. The Balaban J connectivity index is 1.48. The lowest BCUT2D eigenvalue weighted by Crippen LogP contribution is -2.42. The van der Waals surface area contributed by atoms with Crippen LogP contribution in [0.1, 0.15) is 64.7 Å². The molecule has 3 aromatic heterocycles. The lowest BCUT2D eigenvalue weighted by Gasteiger charge is -2.26. The summed E-state index contributed by atoms with van der Waals surface area (Å²) < 4.78 is 43.2. The maximum Gasteiger partial charge on any atom is 0.412 e. The first-order valence-corrected chi connectivity index (χ1v) is 15.8. The molecular weight excluding hydrogens is 600 g/mol. The second kappa shape index (κ2) is 11.7. The van der Waals surface area contributed by atoms with Gasteiger partial charge in [-0.15, -0.1) is 11.3 Å². The molecular formula is C32H35F2N7O3S. The minimum Gasteiger partial charge on any atom is -0.444 e. The Labute approximate surface area is 263 Å². The topological polar surface area (TPSA) is 125 Å². The van der Waals surface area contributed by atoms with Crippen LogP contribution in [0.4, 0.5) is 24.5 Å². The van der Waals surface area contributed by atoms with Crippen molar-refractivity contribution in [2.24, 2.45) is 5.92 Å². The number of hydrogen-bond donors (Lipinski definition) is 2. The first-order valence-electron chi connectivity index (χ1n) is 15.0. The SMILES string of the molecule is CC(C)CN[C@H]1CCN(c2ncc3c4c(c(-c5ncc(F)c6sc(NC(=O)OC(C)(C)C)c(C#N)c56)c(F)c3n2)COC4)[C@H]1C. The van der Waals surface area contributed by atoms with Crippen molar-refractivity contribution in [1.29, 1.82) is 5.26 Å². The van der Waals surface area contributed by atoms with Crippen LogP contribution in [0.25, 0.3) is 32.2 Å². The van der Waals surface area contributed by atoms with Crippen LogP contribution < -0.4 is 15.5 Å². The first-order chi connectivity index (χ1) is 21.4. The molecule has 2 aliphatic heterocycles. The normalized spacial score (nSPS) is 18.2. The number of ether oxygens (including phenoxy) is 2. The maximum absolute atomic E-state index is 16.8. The van der Waals surface area contributed by atoms with Gasteiger partial charge in [-0.1, -0.05) is 13.8 Å². The third-order valence-corrected chi connectivity index (χ3v) is 9.23. The van der Waals surface area contributed by atoms with Crippen molar-refractivity contribution in [2.45, 2.75) is 78.9 Å². The van der Waals surface area contributed by atoms with Gasteiger partial charge in [0.05, 0.1) is 35.4 Å². The highest BCUT2D eigenvalue weighted by atomic mass is 32.1. The monoisotopic (exact) mass is 635 g/mol. The number of halogens is 2. The maximum atomic E-state index is 16.8. The Morgan fingerprint density at radius 3 is 2.71 bits per heavy atom. The van der Waals surface area contributed by atoms with Crippen LogP contribution in [0.5, 0.6) is 0 Å². The summed E-state index contributed by atoms with van der Waals surface area (Å²) in [4.78, 5) is 28.3. The number of carbonyl (C=O) groups excluding carboxylic acids is 1. The van der Waals surface area contributed by atoms with E-state index in [1.165, 1.54) is 0 Å². The molecule has 0 aliphatic carbocycles. The number of carbonyl (C=O) groups is 1. The summed E-state index contributed by atoms with van der Waals surface area (Å²) in [6.45, 7) is 13.5. The van der Waals surface area contributed by atoms with E-state index in [1.54, 1.807) is 27.0 Å². The zero-order valence-corrected chi connectivity index (χ0v) is 26.9. The summed E-state index contributed by atoms with van der Waals surface area (Å²) in [5.41, 5.74) is 0.702. The smallest absolute Gasteiger partial charge is 0.412 e. The van der Waals surface area contributed by atoms with Gasteiger partial charge in [0.25, 0.3) is 0 Å². The molecule has 0 spiro atoms. The molecule has 4 aromatic rings. The van der Waals surface area contributed by atoms with Gasteiger partial charge in [0.2, 0.25) is 5.95 Å². The Kier molecular flexibility index (Phi) is 8.09. The summed E-state index contributed by atoms with van der Waals surface area (Å²) in [6.07, 6.45) is 2.75. The number of thiophene rings is 1. The number of anilines is 2. The van der Waals surface area contributed by atoms with Crippen LogP contribution in [0, 0.1) is 28.9 Å². The van der Waals surface area contributed by atoms with Crippen molar-refractivity contribution < 1.29 is 23.0 Å². The summed E-state index contributed by atoms with van der Waals surface area (Å²) in [7, 11) is 0. The molecule has 0 radical (unpaired) electrons. The molecule has 1 amide bonds. The van der Waals surface area contributed by atoms with Crippen molar-refractivity contribution in [3.05, 3.63) is 40.7 Å². The van der Waals surface area contributed by atoms with E-state index in [2.05, 4.69) is 52.3 Å². The third kappa shape index (κ3) is 5.67. The zero-order valence-electron chi connectivity index (χ0n) is 26.0. The predicted molar refractivity (Wildman–Crippen MR) is 169 cm³/mol. The van der Waals surface area contributed by atoms with E-state index >= 15 is 8.78 Å². The average molecular weight is 636 g/mol. The van der Waals surface area contributed by atoms with Gasteiger partial charge in [0, 0.05) is 41.2 Å². The van der Waals surface area contributed by atoms with E-state index < -0.39 is 23.3 Å². The van der Waals surface area contributed by atoms with Crippen molar-refractivity contribution in [3.8, 4) is 17.3 Å². The standard InChI is InChI=1S/C32H35F2N7O3S/c1-15(2)10-36-22-7-8-41(16(22)3)30-38-11-18-19-13-43-14-20(19)23(25(34)26(18)39-30)27-24-17(9-35)29(40-31(42)44-32(4,5)6)45-28(24)21(33)12-37-27/h11-12,15-16,22,36H,7-8,10,13-14H2,1-6H3,(H,40,42)/t16-,22-/m0/s1. The Morgan fingerprint density at radius 1 is 1.24 bits per heavy atom. The Bertz CT molecular complexity index is 1860. The summed E-state index contributed by atoms with van der Waals surface area (Å²) in [5, 5.41) is 17.1. The number of rotatable bonds is 6. The van der Waals surface area contributed by atoms with Crippen molar-refractivity contribution in [1.82, 2.24) is 20.3 Å². The fraction of sp³-hybridized carbons (Fsp3) is 0.469. The lowest BCUT2D eigenvalue weighted by molar-refractivity contribution is 0.0636. The molecule has 13 heteroatoms. The van der Waals surface area contributed by atoms with Crippen LogP contribution in [0.15, 0.2) is 12.4 Å². The van der Waals surface area contributed by atoms with Gasteiger partial charge in [-0.2, -0.15) is 5.26 Å². The number of hydrogen-bond acceptors (Lipinski definition) is 10. The van der Waals surface area contributed by atoms with Crippen molar-refractivity contribution in [3.63, 3.8) is 0 Å².